The van der Waals surface area contributed by atoms with Gasteiger partial charge in [-0.15, -0.1) is 0 Å². The first-order valence-corrected chi connectivity index (χ1v) is 13.3. The molecule has 1 aliphatic heterocycles. The van der Waals surface area contributed by atoms with Gasteiger partial charge in [0.05, 0.1) is 16.3 Å². The Kier molecular flexibility index (Phi) is 7.42. The number of carbonyl (C=O) groups excluding carboxylic acids is 1. The molecule has 4 rings (SSSR count). The number of para-hydroxylation sites is 2. The number of carbonyl (C=O) groups is 1. The molecule has 1 heterocycles. The van der Waals surface area contributed by atoms with Crippen LogP contribution in [0.1, 0.15) is 28.4 Å². The predicted molar refractivity (Wildman–Crippen MR) is 142 cm³/mol. The second kappa shape index (κ2) is 10.5. The first-order valence-electron chi connectivity index (χ1n) is 11.8. The van der Waals surface area contributed by atoms with Gasteiger partial charge in [0, 0.05) is 37.4 Å². The van der Waals surface area contributed by atoms with Crippen molar-refractivity contribution in [1.82, 2.24) is 4.90 Å². The van der Waals surface area contributed by atoms with Gasteiger partial charge >= 0.3 is 0 Å². The summed E-state index contributed by atoms with van der Waals surface area (Å²) < 4.78 is 28.6. The molecule has 1 amide bonds. The van der Waals surface area contributed by atoms with Crippen LogP contribution in [-0.2, 0) is 10.0 Å². The lowest BCUT2D eigenvalue weighted by atomic mass is 10.1. The van der Waals surface area contributed by atoms with E-state index in [1.54, 1.807) is 31.2 Å². The van der Waals surface area contributed by atoms with Crippen molar-refractivity contribution in [3.8, 4) is 0 Å². The molecule has 0 atom stereocenters. The van der Waals surface area contributed by atoms with Gasteiger partial charge in [0.25, 0.3) is 15.9 Å². The summed E-state index contributed by atoms with van der Waals surface area (Å²) in [5.74, 6) is -0.338. The summed E-state index contributed by atoms with van der Waals surface area (Å²) in [6.45, 7) is 10.6. The van der Waals surface area contributed by atoms with Crippen LogP contribution in [0.15, 0.2) is 71.6 Å². The summed E-state index contributed by atoms with van der Waals surface area (Å²) in [4.78, 5) is 18.0. The number of amides is 1. The summed E-state index contributed by atoms with van der Waals surface area (Å²) in [7, 11) is -3.85. The fourth-order valence-electron chi connectivity index (χ4n) is 4.29. The fraction of sp³-hybridized carbons (Fsp3) is 0.296. The third kappa shape index (κ3) is 5.83. The first-order chi connectivity index (χ1) is 16.8. The molecule has 1 saturated heterocycles. The Morgan fingerprint density at radius 3 is 2.37 bits per heavy atom. The SMILES string of the molecule is CCN1CCN(c2ccccc2NC(=O)c2cc(S(=O)(=O)Nc3cccc(C)c3)ccc2C)CC1. The molecule has 3 aromatic rings. The molecule has 184 valence electrons. The minimum atomic E-state index is -3.85. The minimum Gasteiger partial charge on any atom is -0.367 e. The van der Waals surface area contributed by atoms with Crippen molar-refractivity contribution >= 4 is 33.0 Å². The van der Waals surface area contributed by atoms with Crippen LogP contribution in [-0.4, -0.2) is 51.9 Å². The maximum absolute atomic E-state index is 13.3. The smallest absolute Gasteiger partial charge is 0.261 e. The quantitative estimate of drug-likeness (QED) is 0.508. The maximum Gasteiger partial charge on any atom is 0.261 e. The molecule has 0 unspecified atom stereocenters. The molecular formula is C27H32N4O3S. The van der Waals surface area contributed by atoms with Crippen molar-refractivity contribution in [1.29, 1.82) is 0 Å². The number of anilines is 3. The van der Waals surface area contributed by atoms with Gasteiger partial charge in [-0.05, 0) is 67.9 Å². The number of rotatable bonds is 7. The summed E-state index contributed by atoms with van der Waals surface area (Å²) >= 11 is 0. The van der Waals surface area contributed by atoms with Crippen molar-refractivity contribution in [3.63, 3.8) is 0 Å². The van der Waals surface area contributed by atoms with E-state index in [-0.39, 0.29) is 10.8 Å². The van der Waals surface area contributed by atoms with Gasteiger partial charge in [-0.1, -0.05) is 37.3 Å². The van der Waals surface area contributed by atoms with Gasteiger partial charge in [0.15, 0.2) is 0 Å². The van der Waals surface area contributed by atoms with E-state index in [9.17, 15) is 13.2 Å². The molecular weight excluding hydrogens is 460 g/mol. The molecule has 7 nitrogen and oxygen atoms in total. The number of benzene rings is 3. The van der Waals surface area contributed by atoms with E-state index in [0.29, 0.717) is 22.5 Å². The Morgan fingerprint density at radius 2 is 1.66 bits per heavy atom. The van der Waals surface area contributed by atoms with Crippen LogP contribution in [0.2, 0.25) is 0 Å². The van der Waals surface area contributed by atoms with E-state index in [0.717, 1.165) is 44.0 Å². The molecule has 0 radical (unpaired) electrons. The van der Waals surface area contributed by atoms with Crippen LogP contribution in [0.3, 0.4) is 0 Å². The summed E-state index contributed by atoms with van der Waals surface area (Å²) in [5, 5.41) is 3.02. The maximum atomic E-state index is 13.3. The zero-order chi connectivity index (χ0) is 25.0. The zero-order valence-corrected chi connectivity index (χ0v) is 21.2. The van der Waals surface area contributed by atoms with Crippen LogP contribution in [0.5, 0.6) is 0 Å². The largest absolute Gasteiger partial charge is 0.367 e. The standard InChI is InChI=1S/C27H32N4O3S/c1-4-30-14-16-31(17-15-30)26-11-6-5-10-25(26)28-27(32)24-19-23(13-12-21(24)3)35(33,34)29-22-9-7-8-20(2)18-22/h5-13,18-19,29H,4,14-17H2,1-3H3,(H,28,32). The lowest BCUT2D eigenvalue weighted by Gasteiger charge is -2.36. The highest BCUT2D eigenvalue weighted by Gasteiger charge is 2.21. The number of nitrogens with zero attached hydrogens (tertiary/aromatic N) is 2. The second-order valence-corrected chi connectivity index (χ2v) is 10.5. The van der Waals surface area contributed by atoms with Crippen LogP contribution in [0.4, 0.5) is 17.1 Å². The first kappa shape index (κ1) is 24.8. The predicted octanol–water partition coefficient (Wildman–Crippen LogP) is 4.50. The number of nitrogens with one attached hydrogen (secondary N) is 2. The third-order valence-electron chi connectivity index (χ3n) is 6.35. The van der Waals surface area contributed by atoms with Crippen LogP contribution >= 0.6 is 0 Å². The Hall–Kier alpha value is -3.36. The summed E-state index contributed by atoms with van der Waals surface area (Å²) in [6.07, 6.45) is 0. The average molecular weight is 493 g/mol. The highest BCUT2D eigenvalue weighted by Crippen LogP contribution is 2.28. The van der Waals surface area contributed by atoms with Crippen molar-refractivity contribution in [2.45, 2.75) is 25.7 Å². The number of hydrogen-bond donors (Lipinski definition) is 2. The van der Waals surface area contributed by atoms with E-state index in [2.05, 4.69) is 26.8 Å². The monoisotopic (exact) mass is 492 g/mol. The Morgan fingerprint density at radius 1 is 0.914 bits per heavy atom. The van der Waals surface area contributed by atoms with E-state index in [1.807, 2.05) is 37.3 Å². The lowest BCUT2D eigenvalue weighted by molar-refractivity contribution is 0.102. The van der Waals surface area contributed by atoms with Crippen molar-refractivity contribution < 1.29 is 13.2 Å². The molecule has 0 spiro atoms. The third-order valence-corrected chi connectivity index (χ3v) is 7.73. The number of piperazine rings is 1. The number of aryl methyl sites for hydroxylation is 2. The Balaban J connectivity index is 1.56. The molecule has 0 aliphatic carbocycles. The molecule has 1 aliphatic rings. The van der Waals surface area contributed by atoms with E-state index in [1.165, 1.54) is 12.1 Å². The molecule has 2 N–H and O–H groups in total. The minimum absolute atomic E-state index is 0.0405. The lowest BCUT2D eigenvalue weighted by Crippen LogP contribution is -2.46. The van der Waals surface area contributed by atoms with Crippen molar-refractivity contribution in [3.05, 3.63) is 83.4 Å². The van der Waals surface area contributed by atoms with E-state index in [4.69, 9.17) is 0 Å². The molecule has 0 aromatic heterocycles. The van der Waals surface area contributed by atoms with Gasteiger partial charge in [-0.2, -0.15) is 0 Å². The van der Waals surface area contributed by atoms with E-state index < -0.39 is 10.0 Å². The van der Waals surface area contributed by atoms with Crippen LogP contribution in [0.25, 0.3) is 0 Å². The molecule has 0 saturated carbocycles. The number of hydrogen-bond acceptors (Lipinski definition) is 5. The summed E-state index contributed by atoms with van der Waals surface area (Å²) in [5.41, 5.74) is 4.14. The van der Waals surface area contributed by atoms with Gasteiger partial charge in [-0.25, -0.2) is 8.42 Å². The average Bonchev–Trinajstić information content (AvgIpc) is 2.84. The van der Waals surface area contributed by atoms with Gasteiger partial charge in [0.2, 0.25) is 0 Å². The molecule has 0 bridgehead atoms. The summed E-state index contributed by atoms with van der Waals surface area (Å²) in [6, 6.07) is 19.5. The van der Waals surface area contributed by atoms with Gasteiger partial charge in [-0.3, -0.25) is 9.52 Å². The topological polar surface area (TPSA) is 81.8 Å². The van der Waals surface area contributed by atoms with Crippen molar-refractivity contribution in [2.75, 3.05) is 47.7 Å². The van der Waals surface area contributed by atoms with Crippen LogP contribution < -0.4 is 14.9 Å². The van der Waals surface area contributed by atoms with Gasteiger partial charge in [0.1, 0.15) is 0 Å². The van der Waals surface area contributed by atoms with E-state index >= 15 is 0 Å². The Bertz CT molecular complexity index is 1320. The highest BCUT2D eigenvalue weighted by atomic mass is 32.2. The normalized spacial score (nSPS) is 14.5. The molecule has 3 aromatic carbocycles. The van der Waals surface area contributed by atoms with Crippen molar-refractivity contribution in [2.24, 2.45) is 0 Å². The zero-order valence-electron chi connectivity index (χ0n) is 20.4. The Labute approximate surface area is 207 Å². The number of likely N-dealkylation sites (N-methyl/N-ethyl adjacent to an activating group) is 1. The molecule has 8 heteroatoms. The highest BCUT2D eigenvalue weighted by molar-refractivity contribution is 7.92. The molecule has 35 heavy (non-hydrogen) atoms. The second-order valence-electron chi connectivity index (χ2n) is 8.84. The molecule has 1 fully saturated rings. The fourth-order valence-corrected chi connectivity index (χ4v) is 5.36. The number of sulfonamides is 1. The van der Waals surface area contributed by atoms with Crippen LogP contribution in [0, 0.1) is 13.8 Å². The van der Waals surface area contributed by atoms with Gasteiger partial charge < -0.3 is 15.1 Å².